The lowest BCUT2D eigenvalue weighted by molar-refractivity contribution is 0.319. The van der Waals surface area contributed by atoms with E-state index in [0.717, 1.165) is 44.7 Å². The fraction of sp³-hybridized carbons (Fsp3) is 0.0769. The van der Waals surface area contributed by atoms with Crippen molar-refractivity contribution in [1.82, 2.24) is 0 Å². The van der Waals surface area contributed by atoms with E-state index in [1.165, 1.54) is 24.4 Å². The summed E-state index contributed by atoms with van der Waals surface area (Å²) in [6.07, 6.45) is 5.72. The molecule has 0 aliphatic rings. The van der Waals surface area contributed by atoms with Gasteiger partial charge in [-0.3, -0.25) is 0 Å². The van der Waals surface area contributed by atoms with Gasteiger partial charge in [0, 0.05) is 23.8 Å². The number of nitrogens with one attached hydrogen (secondary N) is 2. The average Bonchev–Trinajstić information content (AvgIpc) is 2.87. The summed E-state index contributed by atoms with van der Waals surface area (Å²) in [5.74, 6) is -0.382. The van der Waals surface area contributed by atoms with Crippen LogP contribution in [0.25, 0.3) is 17.2 Å². The van der Waals surface area contributed by atoms with Crippen molar-refractivity contribution < 1.29 is 9.60 Å². The van der Waals surface area contributed by atoms with Crippen molar-refractivity contribution in [1.29, 1.82) is 5.41 Å². The third kappa shape index (κ3) is 6.69. The third-order valence-electron chi connectivity index (χ3n) is 5.35. The average molecular weight is 621 g/mol. The smallest absolute Gasteiger partial charge is 0.162 e. The predicted octanol–water partition coefficient (Wildman–Crippen LogP) is 7.96. The van der Waals surface area contributed by atoms with Gasteiger partial charge in [0.2, 0.25) is 0 Å². The molecule has 0 radical (unpaired) electrons. The van der Waals surface area contributed by atoms with Gasteiger partial charge < -0.3 is 21.4 Å². The topological polar surface area (TPSA) is 94.5 Å². The molecule has 1 unspecified atom stereocenters. The number of rotatable bonds is 9. The van der Waals surface area contributed by atoms with E-state index in [1.54, 1.807) is 12.1 Å². The van der Waals surface area contributed by atoms with Crippen LogP contribution in [-0.2, 0) is 0 Å². The Morgan fingerprint density at radius 3 is 2.49 bits per heavy atom. The molecule has 5 nitrogen and oxygen atoms in total. The number of amidine groups is 1. The van der Waals surface area contributed by atoms with Crippen LogP contribution in [0.3, 0.4) is 0 Å². The fourth-order valence-corrected chi connectivity index (χ4v) is 5.21. The lowest BCUT2D eigenvalue weighted by Crippen LogP contribution is -2.06. The molecule has 9 heteroatoms. The maximum atomic E-state index is 13.8. The first-order valence-electron chi connectivity index (χ1n) is 10.6. The van der Waals surface area contributed by atoms with E-state index >= 15 is 0 Å². The number of halogens is 3. The second kappa shape index (κ2) is 12.8. The highest BCUT2D eigenvalue weighted by molar-refractivity contribution is 14.2. The van der Waals surface area contributed by atoms with Crippen molar-refractivity contribution in [3.63, 3.8) is 0 Å². The number of hydrogen-bond acceptors (Lipinski definition) is 4. The summed E-state index contributed by atoms with van der Waals surface area (Å²) in [7, 11) is 0. The van der Waals surface area contributed by atoms with E-state index < -0.39 is 5.82 Å². The van der Waals surface area contributed by atoms with Crippen LogP contribution in [0.15, 0.2) is 71.9 Å². The predicted molar refractivity (Wildman–Crippen MR) is 157 cm³/mol. The van der Waals surface area contributed by atoms with E-state index in [-0.39, 0.29) is 5.84 Å². The Kier molecular flexibility index (Phi) is 9.83. The van der Waals surface area contributed by atoms with Crippen molar-refractivity contribution >= 4 is 75.0 Å². The number of nitrogens with zero attached hydrogens (tertiary/aromatic N) is 1. The van der Waals surface area contributed by atoms with Crippen molar-refractivity contribution in [2.24, 2.45) is 10.9 Å². The monoisotopic (exact) mass is 620 g/mol. The van der Waals surface area contributed by atoms with E-state index in [0.29, 0.717) is 17.8 Å². The first kappa shape index (κ1) is 26.9. The van der Waals surface area contributed by atoms with Gasteiger partial charge in [0.05, 0.1) is 5.02 Å². The lowest BCUT2D eigenvalue weighted by Gasteiger charge is -2.19. The van der Waals surface area contributed by atoms with Gasteiger partial charge in [0.15, 0.2) is 5.84 Å². The third-order valence-corrected chi connectivity index (χ3v) is 6.84. The molecule has 0 saturated heterocycles. The van der Waals surface area contributed by atoms with E-state index in [4.69, 9.17) is 28.0 Å². The van der Waals surface area contributed by atoms with Gasteiger partial charge >= 0.3 is 0 Å². The van der Waals surface area contributed by atoms with Gasteiger partial charge in [0.25, 0.3) is 0 Å². The van der Waals surface area contributed by atoms with Crippen LogP contribution in [0.1, 0.15) is 41.2 Å². The van der Waals surface area contributed by atoms with Crippen LogP contribution in [0.5, 0.6) is 0 Å². The van der Waals surface area contributed by atoms with Crippen molar-refractivity contribution in [3.8, 4) is 0 Å². The summed E-state index contributed by atoms with van der Waals surface area (Å²) in [4.78, 5) is 0. The quantitative estimate of drug-likeness (QED) is 0.0372. The molecule has 0 spiro atoms. The first-order valence-corrected chi connectivity index (χ1v) is 15.1. The second-order valence-electron chi connectivity index (χ2n) is 7.48. The number of hydrogen-bond donors (Lipinski definition) is 4. The molecule has 180 valence electrons. The largest absolute Gasteiger partial charge is 0.409 e. The molecule has 0 aliphatic carbocycles. The molecule has 5 N–H and O–H groups in total. The van der Waals surface area contributed by atoms with Gasteiger partial charge in [-0.1, -0.05) is 66.2 Å². The molecule has 0 aliphatic heterocycles. The molecule has 0 amide bonds. The minimum atomic E-state index is -0.390. The van der Waals surface area contributed by atoms with Gasteiger partial charge in [-0.15, -0.1) is 0 Å². The number of anilines is 1. The highest BCUT2D eigenvalue weighted by atomic mass is 127. The van der Waals surface area contributed by atoms with E-state index in [1.807, 2.05) is 49.4 Å². The summed E-state index contributed by atoms with van der Waals surface area (Å²) >= 11 is 8.74. The highest BCUT2D eigenvalue weighted by Crippen LogP contribution is 2.39. The Labute approximate surface area is 223 Å². The van der Waals surface area contributed by atoms with Crippen LogP contribution in [0.2, 0.25) is 5.02 Å². The Morgan fingerprint density at radius 1 is 1.17 bits per heavy atom. The normalized spacial score (nSPS) is 12.9. The minimum absolute atomic E-state index is 0.00821. The maximum absolute atomic E-state index is 13.8. The molecule has 1 atom stereocenters. The summed E-state index contributed by atoms with van der Waals surface area (Å²) in [6, 6.07) is 18.2. The maximum Gasteiger partial charge on any atom is 0.162 e. The molecule has 0 bridgehead atoms. The summed E-state index contributed by atoms with van der Waals surface area (Å²) in [5.41, 5.74) is 12.6. The first-order chi connectivity index (χ1) is 16.9. The molecule has 0 fully saturated rings. The van der Waals surface area contributed by atoms with Crippen LogP contribution in [-0.4, -0.2) is 17.3 Å². The van der Waals surface area contributed by atoms with Crippen LogP contribution in [0, 0.1) is 11.2 Å². The molecule has 3 rings (SSSR count). The summed E-state index contributed by atoms with van der Waals surface area (Å²) < 4.78 is 13.8. The highest BCUT2D eigenvalue weighted by Gasteiger charge is 2.17. The number of allylic oxidation sites excluding steroid dienone is 1. The summed E-state index contributed by atoms with van der Waals surface area (Å²) in [5, 5.41) is 23.2. The van der Waals surface area contributed by atoms with Gasteiger partial charge in [0.1, 0.15) is 5.82 Å². The van der Waals surface area contributed by atoms with Crippen LogP contribution >= 0.6 is 40.0 Å². The number of benzene rings is 3. The molecular formula is C26H24ClFIN4OP. The van der Waals surface area contributed by atoms with E-state index in [2.05, 4.69) is 32.3 Å². The van der Waals surface area contributed by atoms with Crippen LogP contribution in [0.4, 0.5) is 10.1 Å². The van der Waals surface area contributed by atoms with E-state index in [9.17, 15) is 4.39 Å². The number of oxime groups is 1. The molecular weight excluding hydrogens is 597 g/mol. The van der Waals surface area contributed by atoms with Gasteiger partial charge in [-0.25, -0.2) is 4.39 Å². The van der Waals surface area contributed by atoms with Crippen molar-refractivity contribution in [3.05, 3.63) is 105 Å². The number of nitrogens with two attached hydrogens (primary N) is 1. The second-order valence-corrected chi connectivity index (χ2v) is 9.94. The zero-order valence-electron chi connectivity index (χ0n) is 18.8. The standard InChI is InChI=1S/C26H24ClFIN4OP/c1-2-21(22-10-9-20(28)14-23(22)27)26(18-8-11-24(33-35-29)19(13-18)15-30)17-6-3-16(4-7-17)5-12-25(31)32-34/h3-15,30,33-35H,2H2,1H3,(H2,31,32)/b12-5+,26-21+,30-15?. The Balaban J connectivity index is 2.24. The molecule has 3 aromatic rings. The molecule has 0 heterocycles. The minimum Gasteiger partial charge on any atom is -0.409 e. The Hall–Kier alpha value is -2.74. The Morgan fingerprint density at radius 2 is 1.89 bits per heavy atom. The zero-order chi connectivity index (χ0) is 25.4. The fourth-order valence-electron chi connectivity index (χ4n) is 3.73. The summed E-state index contributed by atoms with van der Waals surface area (Å²) in [6.45, 7) is 2.04. The van der Waals surface area contributed by atoms with Crippen molar-refractivity contribution in [2.45, 2.75) is 13.3 Å². The lowest BCUT2D eigenvalue weighted by atomic mass is 9.87. The van der Waals surface area contributed by atoms with Gasteiger partial charge in [-0.2, -0.15) is 0 Å². The molecule has 0 aromatic heterocycles. The zero-order valence-corrected chi connectivity index (χ0v) is 22.7. The van der Waals surface area contributed by atoms with Crippen LogP contribution < -0.4 is 10.8 Å². The Bertz CT molecular complexity index is 1310. The van der Waals surface area contributed by atoms with Gasteiger partial charge in [-0.05, 0) is 92.2 Å². The SMILES string of the molecule is CC/C(=C(/c1ccc(/C=C/C(N)=N/O)cc1)c1ccc(NPI)c(C=N)c1)c1ccc(F)cc1Cl. The molecule has 3 aromatic carbocycles. The molecule has 35 heavy (non-hydrogen) atoms. The molecule has 0 saturated carbocycles. The van der Waals surface area contributed by atoms with Crippen molar-refractivity contribution in [2.75, 3.05) is 5.09 Å².